The molecule has 3 aromatic rings. The van der Waals surface area contributed by atoms with Gasteiger partial charge in [0.15, 0.2) is 0 Å². The van der Waals surface area contributed by atoms with Gasteiger partial charge in [-0.2, -0.15) is 0 Å². The number of nitrogens with zero attached hydrogens (tertiary/aromatic N) is 3. The summed E-state index contributed by atoms with van der Waals surface area (Å²) in [5, 5.41) is 9.17. The largest absolute Gasteiger partial charge is 0.465 e. The molecule has 1 N–H and O–H groups in total. The van der Waals surface area contributed by atoms with Crippen LogP contribution in [-0.2, 0) is 13.0 Å². The van der Waals surface area contributed by atoms with Crippen LogP contribution in [0.25, 0.3) is 11.0 Å². The SMILES string of the molecule is O=C(O)N1CCC(n2c(=O)n(CCCc3ccccc3)c3ccccc32)CC1. The molecule has 0 atom stereocenters. The third-order valence-corrected chi connectivity index (χ3v) is 5.66. The van der Waals surface area contributed by atoms with Crippen LogP contribution in [0.15, 0.2) is 59.4 Å². The molecule has 0 unspecified atom stereocenters. The Labute approximate surface area is 163 Å². The Hall–Kier alpha value is -3.02. The van der Waals surface area contributed by atoms with E-state index in [0.717, 1.165) is 23.9 Å². The number of likely N-dealkylation sites (tertiary alicyclic amines) is 1. The van der Waals surface area contributed by atoms with Crippen LogP contribution in [0, 0.1) is 0 Å². The summed E-state index contributed by atoms with van der Waals surface area (Å²) in [5.41, 5.74) is 3.20. The maximum absolute atomic E-state index is 13.2. The van der Waals surface area contributed by atoms with Gasteiger partial charge >= 0.3 is 11.8 Å². The zero-order chi connectivity index (χ0) is 19.5. The minimum atomic E-state index is -0.880. The maximum Gasteiger partial charge on any atom is 0.407 e. The fourth-order valence-corrected chi connectivity index (χ4v) is 4.20. The number of para-hydroxylation sites is 2. The Morgan fingerprint density at radius 2 is 1.61 bits per heavy atom. The van der Waals surface area contributed by atoms with Crippen LogP contribution in [0.3, 0.4) is 0 Å². The van der Waals surface area contributed by atoms with Gasteiger partial charge in [0, 0.05) is 25.7 Å². The van der Waals surface area contributed by atoms with E-state index in [2.05, 4.69) is 12.1 Å². The Morgan fingerprint density at radius 3 is 2.29 bits per heavy atom. The molecule has 2 heterocycles. The average molecular weight is 379 g/mol. The van der Waals surface area contributed by atoms with E-state index >= 15 is 0 Å². The number of piperidine rings is 1. The standard InChI is InChI=1S/C22H25N3O3/c26-21-24(14-6-9-17-7-2-1-3-8-17)19-10-4-5-11-20(19)25(21)18-12-15-23(16-13-18)22(27)28/h1-5,7-8,10-11,18H,6,9,12-16H2,(H,27,28). The molecule has 6 nitrogen and oxygen atoms in total. The number of aromatic nitrogens is 2. The molecule has 1 amide bonds. The van der Waals surface area contributed by atoms with Crippen LogP contribution < -0.4 is 5.69 Å². The van der Waals surface area contributed by atoms with Crippen molar-refractivity contribution < 1.29 is 9.90 Å². The first-order valence-electron chi connectivity index (χ1n) is 9.86. The number of benzene rings is 2. The van der Waals surface area contributed by atoms with E-state index < -0.39 is 6.09 Å². The fraction of sp³-hybridized carbons (Fsp3) is 0.364. The second-order valence-electron chi connectivity index (χ2n) is 7.38. The van der Waals surface area contributed by atoms with E-state index in [9.17, 15) is 9.59 Å². The number of aryl methyl sites for hydroxylation is 2. The minimum absolute atomic E-state index is 0.0167. The fourth-order valence-electron chi connectivity index (χ4n) is 4.20. The Morgan fingerprint density at radius 1 is 0.964 bits per heavy atom. The van der Waals surface area contributed by atoms with Gasteiger partial charge in [-0.1, -0.05) is 42.5 Å². The smallest absolute Gasteiger partial charge is 0.407 e. The Balaban J connectivity index is 1.57. The molecule has 0 radical (unpaired) electrons. The van der Waals surface area contributed by atoms with Gasteiger partial charge in [0.05, 0.1) is 11.0 Å². The van der Waals surface area contributed by atoms with Crippen molar-refractivity contribution >= 4 is 17.1 Å². The number of hydrogen-bond donors (Lipinski definition) is 1. The topological polar surface area (TPSA) is 67.5 Å². The summed E-state index contributed by atoms with van der Waals surface area (Å²) < 4.78 is 3.76. The van der Waals surface area contributed by atoms with Gasteiger partial charge in [0.25, 0.3) is 0 Å². The summed E-state index contributed by atoms with van der Waals surface area (Å²) in [7, 11) is 0. The molecule has 4 rings (SSSR count). The zero-order valence-electron chi connectivity index (χ0n) is 15.8. The lowest BCUT2D eigenvalue weighted by Crippen LogP contribution is -2.40. The van der Waals surface area contributed by atoms with Crippen molar-refractivity contribution in [3.05, 3.63) is 70.6 Å². The van der Waals surface area contributed by atoms with Gasteiger partial charge in [-0.15, -0.1) is 0 Å². The molecule has 1 aromatic heterocycles. The number of imidazole rings is 1. The normalized spacial score (nSPS) is 15.2. The number of amides is 1. The summed E-state index contributed by atoms with van der Waals surface area (Å²) in [6, 6.07) is 18.3. The molecule has 6 heteroatoms. The third-order valence-electron chi connectivity index (χ3n) is 5.66. The van der Waals surface area contributed by atoms with Gasteiger partial charge in [-0.3, -0.25) is 9.13 Å². The van der Waals surface area contributed by atoms with Crippen molar-refractivity contribution in [2.75, 3.05) is 13.1 Å². The third kappa shape index (κ3) is 3.54. The van der Waals surface area contributed by atoms with Crippen molar-refractivity contribution in [3.8, 4) is 0 Å². The van der Waals surface area contributed by atoms with E-state index in [1.807, 2.05) is 51.6 Å². The number of carboxylic acid groups (broad SMARTS) is 1. The number of fused-ring (bicyclic) bond motifs is 1. The molecule has 0 aliphatic carbocycles. The van der Waals surface area contributed by atoms with Crippen molar-refractivity contribution in [1.29, 1.82) is 0 Å². The van der Waals surface area contributed by atoms with Gasteiger partial charge in [0.2, 0.25) is 0 Å². The minimum Gasteiger partial charge on any atom is -0.465 e. The summed E-state index contributed by atoms with van der Waals surface area (Å²) >= 11 is 0. The highest BCUT2D eigenvalue weighted by Crippen LogP contribution is 2.26. The van der Waals surface area contributed by atoms with Gasteiger partial charge < -0.3 is 10.0 Å². The van der Waals surface area contributed by atoms with E-state index in [1.54, 1.807) is 0 Å². The summed E-state index contributed by atoms with van der Waals surface area (Å²) in [5.74, 6) is 0. The summed E-state index contributed by atoms with van der Waals surface area (Å²) in [6.07, 6.45) is 2.29. The molecule has 1 aliphatic rings. The summed E-state index contributed by atoms with van der Waals surface area (Å²) in [4.78, 5) is 25.8. The van der Waals surface area contributed by atoms with Crippen molar-refractivity contribution in [2.45, 2.75) is 38.3 Å². The quantitative estimate of drug-likeness (QED) is 0.734. The monoisotopic (exact) mass is 379 g/mol. The molecule has 146 valence electrons. The predicted molar refractivity (Wildman–Crippen MR) is 109 cm³/mol. The number of rotatable bonds is 5. The van der Waals surface area contributed by atoms with Gasteiger partial charge in [-0.25, -0.2) is 9.59 Å². The molecule has 28 heavy (non-hydrogen) atoms. The first-order chi connectivity index (χ1) is 13.6. The van der Waals surface area contributed by atoms with Crippen LogP contribution in [0.4, 0.5) is 4.79 Å². The van der Waals surface area contributed by atoms with Crippen LogP contribution in [0.2, 0.25) is 0 Å². The lowest BCUT2D eigenvalue weighted by molar-refractivity contribution is 0.125. The van der Waals surface area contributed by atoms with Crippen molar-refractivity contribution in [2.24, 2.45) is 0 Å². The Bertz CT molecular complexity index is 1010. The lowest BCUT2D eigenvalue weighted by Gasteiger charge is -2.30. The average Bonchev–Trinajstić information content (AvgIpc) is 3.00. The van der Waals surface area contributed by atoms with Crippen LogP contribution in [0.1, 0.15) is 30.9 Å². The highest BCUT2D eigenvalue weighted by atomic mass is 16.4. The van der Waals surface area contributed by atoms with E-state index in [4.69, 9.17) is 5.11 Å². The molecular weight excluding hydrogens is 354 g/mol. The van der Waals surface area contributed by atoms with Crippen molar-refractivity contribution in [1.82, 2.24) is 14.0 Å². The van der Waals surface area contributed by atoms with E-state index in [0.29, 0.717) is 32.5 Å². The maximum atomic E-state index is 13.2. The highest BCUT2D eigenvalue weighted by molar-refractivity contribution is 5.76. The highest BCUT2D eigenvalue weighted by Gasteiger charge is 2.26. The first kappa shape index (κ1) is 18.3. The molecule has 0 saturated carbocycles. The number of hydrogen-bond acceptors (Lipinski definition) is 2. The van der Waals surface area contributed by atoms with Crippen LogP contribution in [0.5, 0.6) is 0 Å². The van der Waals surface area contributed by atoms with Gasteiger partial charge in [0.1, 0.15) is 0 Å². The first-order valence-corrected chi connectivity index (χ1v) is 9.86. The zero-order valence-corrected chi connectivity index (χ0v) is 15.8. The second-order valence-corrected chi connectivity index (χ2v) is 7.38. The lowest BCUT2D eigenvalue weighted by atomic mass is 10.1. The van der Waals surface area contributed by atoms with Crippen molar-refractivity contribution in [3.63, 3.8) is 0 Å². The molecule has 1 fully saturated rings. The van der Waals surface area contributed by atoms with Gasteiger partial charge in [-0.05, 0) is 43.4 Å². The molecule has 2 aromatic carbocycles. The molecular formula is C22H25N3O3. The van der Waals surface area contributed by atoms with Crippen LogP contribution in [-0.4, -0.2) is 38.3 Å². The predicted octanol–water partition coefficient (Wildman–Crippen LogP) is 3.75. The van der Waals surface area contributed by atoms with E-state index in [-0.39, 0.29) is 11.7 Å². The van der Waals surface area contributed by atoms with E-state index in [1.165, 1.54) is 10.5 Å². The molecule has 1 saturated heterocycles. The molecule has 1 aliphatic heterocycles. The molecule has 0 bridgehead atoms. The van der Waals surface area contributed by atoms with Crippen LogP contribution >= 0.6 is 0 Å². The summed E-state index contributed by atoms with van der Waals surface area (Å²) in [6.45, 7) is 1.62. The Kier molecular flexibility index (Phi) is 5.19. The second kappa shape index (κ2) is 7.92. The molecule has 0 spiro atoms. The number of carbonyl (C=O) groups is 1.